The van der Waals surface area contributed by atoms with Gasteiger partial charge in [0, 0.05) is 18.5 Å². The summed E-state index contributed by atoms with van der Waals surface area (Å²) in [4.78, 5) is 21.1. The van der Waals surface area contributed by atoms with Gasteiger partial charge in [0.1, 0.15) is 17.0 Å². The van der Waals surface area contributed by atoms with Crippen molar-refractivity contribution in [1.29, 1.82) is 0 Å². The van der Waals surface area contributed by atoms with E-state index in [1.54, 1.807) is 43.4 Å². The van der Waals surface area contributed by atoms with Crippen molar-refractivity contribution in [3.8, 4) is 11.5 Å². The molecule has 0 saturated heterocycles. The molecule has 0 unspecified atom stereocenters. The third kappa shape index (κ3) is 4.43. The second-order valence-corrected chi connectivity index (χ2v) is 7.81. The van der Waals surface area contributed by atoms with Crippen LogP contribution in [0.15, 0.2) is 42.5 Å². The molecule has 1 aromatic heterocycles. The number of methoxy groups -OCH3 is 2. The molecule has 0 bridgehead atoms. The second-order valence-electron chi connectivity index (χ2n) is 6.80. The number of ether oxygens (including phenoxy) is 2. The Kier molecular flexibility index (Phi) is 6.49. The molecule has 0 radical (unpaired) electrons. The van der Waals surface area contributed by atoms with Crippen molar-refractivity contribution in [2.75, 3.05) is 46.3 Å². The van der Waals surface area contributed by atoms with E-state index in [2.05, 4.69) is 14.1 Å². The fourth-order valence-electron chi connectivity index (χ4n) is 2.96. The number of anilines is 1. The summed E-state index contributed by atoms with van der Waals surface area (Å²) >= 11 is 1.51. The topological polar surface area (TPSA) is 56.1 Å². The molecule has 0 atom stereocenters. The van der Waals surface area contributed by atoms with E-state index in [9.17, 15) is 4.79 Å². The second kappa shape index (κ2) is 9.03. The molecular formula is C21H26N3O3S+. The number of fused-ring (bicyclic) bond motifs is 1. The zero-order chi connectivity index (χ0) is 20.1. The number of aromatic nitrogens is 1. The van der Waals surface area contributed by atoms with E-state index in [-0.39, 0.29) is 5.91 Å². The third-order valence-corrected chi connectivity index (χ3v) is 5.51. The minimum absolute atomic E-state index is 0.0607. The van der Waals surface area contributed by atoms with Crippen LogP contribution in [-0.2, 0) is 0 Å². The van der Waals surface area contributed by atoms with Crippen molar-refractivity contribution in [3.05, 3.63) is 48.0 Å². The van der Waals surface area contributed by atoms with Gasteiger partial charge in [0.15, 0.2) is 5.13 Å². The number of hydrogen-bond donors (Lipinski definition) is 1. The van der Waals surface area contributed by atoms with Crippen molar-refractivity contribution in [2.24, 2.45) is 0 Å². The molecule has 3 aromatic rings. The van der Waals surface area contributed by atoms with E-state index in [1.807, 2.05) is 18.2 Å². The number of nitrogens with zero attached hydrogens (tertiary/aromatic N) is 2. The number of benzene rings is 2. The van der Waals surface area contributed by atoms with Gasteiger partial charge in [0.25, 0.3) is 5.91 Å². The van der Waals surface area contributed by atoms with Gasteiger partial charge in [-0.3, -0.25) is 9.69 Å². The highest BCUT2D eigenvalue weighted by atomic mass is 32.1. The largest absolute Gasteiger partial charge is 0.497 e. The molecule has 1 amide bonds. The van der Waals surface area contributed by atoms with Crippen molar-refractivity contribution in [3.63, 3.8) is 0 Å². The molecule has 0 aliphatic heterocycles. The lowest BCUT2D eigenvalue weighted by atomic mass is 10.2. The molecule has 1 heterocycles. The Morgan fingerprint density at radius 2 is 1.86 bits per heavy atom. The normalized spacial score (nSPS) is 11.0. The van der Waals surface area contributed by atoms with Crippen LogP contribution in [0.3, 0.4) is 0 Å². The van der Waals surface area contributed by atoms with Gasteiger partial charge in [-0.2, -0.15) is 0 Å². The van der Waals surface area contributed by atoms with E-state index >= 15 is 0 Å². The molecule has 148 valence electrons. The van der Waals surface area contributed by atoms with Crippen LogP contribution in [0.2, 0.25) is 0 Å². The van der Waals surface area contributed by atoms with Gasteiger partial charge >= 0.3 is 0 Å². The number of quaternary nitrogens is 1. The van der Waals surface area contributed by atoms with E-state index in [0.717, 1.165) is 34.7 Å². The number of amides is 1. The van der Waals surface area contributed by atoms with Crippen LogP contribution in [0.4, 0.5) is 5.13 Å². The number of para-hydroxylation sites is 1. The molecule has 0 fully saturated rings. The number of thiazole rings is 1. The lowest BCUT2D eigenvalue weighted by Gasteiger charge is -2.20. The summed E-state index contributed by atoms with van der Waals surface area (Å²) in [6, 6.07) is 13.0. The summed E-state index contributed by atoms with van der Waals surface area (Å²) in [5.74, 6) is 1.38. The molecule has 3 rings (SSSR count). The SMILES string of the molecule is COc1ccc(C(=O)N(CCC[NH+](C)C)c2nc3c(OC)cccc3s2)cc1. The number of hydrogen-bond acceptors (Lipinski definition) is 5. The van der Waals surface area contributed by atoms with Gasteiger partial charge in [0.05, 0.1) is 39.6 Å². The molecule has 0 spiro atoms. The van der Waals surface area contributed by atoms with Gasteiger partial charge in [-0.25, -0.2) is 4.98 Å². The lowest BCUT2D eigenvalue weighted by Crippen LogP contribution is -3.05. The van der Waals surface area contributed by atoms with Gasteiger partial charge < -0.3 is 14.4 Å². The summed E-state index contributed by atoms with van der Waals surface area (Å²) in [6.07, 6.45) is 0.886. The Morgan fingerprint density at radius 3 is 2.50 bits per heavy atom. The fourth-order valence-corrected chi connectivity index (χ4v) is 3.96. The first-order valence-corrected chi connectivity index (χ1v) is 10.0. The molecule has 1 N–H and O–H groups in total. The van der Waals surface area contributed by atoms with Crippen LogP contribution >= 0.6 is 11.3 Å². The first kappa shape index (κ1) is 20.1. The zero-order valence-electron chi connectivity index (χ0n) is 16.7. The van der Waals surface area contributed by atoms with E-state index < -0.39 is 0 Å². The Labute approximate surface area is 169 Å². The van der Waals surface area contributed by atoms with Crippen LogP contribution in [0, 0.1) is 0 Å². The minimum atomic E-state index is -0.0607. The predicted molar refractivity (Wildman–Crippen MR) is 113 cm³/mol. The molecule has 0 aliphatic carbocycles. The summed E-state index contributed by atoms with van der Waals surface area (Å²) < 4.78 is 11.6. The Bertz CT molecular complexity index is 938. The van der Waals surface area contributed by atoms with Crippen LogP contribution in [0.1, 0.15) is 16.8 Å². The van der Waals surface area contributed by atoms with E-state index in [1.165, 1.54) is 16.2 Å². The van der Waals surface area contributed by atoms with E-state index in [4.69, 9.17) is 14.5 Å². The van der Waals surface area contributed by atoms with Crippen molar-refractivity contribution >= 4 is 32.6 Å². The van der Waals surface area contributed by atoms with Crippen molar-refractivity contribution < 1.29 is 19.2 Å². The molecule has 2 aromatic carbocycles. The van der Waals surface area contributed by atoms with Gasteiger partial charge in [-0.05, 0) is 36.4 Å². The maximum atomic E-state index is 13.3. The molecule has 0 saturated carbocycles. The minimum Gasteiger partial charge on any atom is -0.497 e. The van der Waals surface area contributed by atoms with Crippen LogP contribution in [0.25, 0.3) is 10.2 Å². The summed E-state index contributed by atoms with van der Waals surface area (Å²) in [5.41, 5.74) is 1.40. The molecule has 0 aliphatic rings. The van der Waals surface area contributed by atoms with Crippen molar-refractivity contribution in [2.45, 2.75) is 6.42 Å². The molecule has 7 heteroatoms. The quantitative estimate of drug-likeness (QED) is 0.631. The third-order valence-electron chi connectivity index (χ3n) is 4.46. The van der Waals surface area contributed by atoms with E-state index in [0.29, 0.717) is 17.2 Å². The standard InChI is InChI=1S/C21H25N3O3S/c1-23(2)13-6-14-24(20(25)15-9-11-16(26-3)12-10-15)21-22-19-17(27-4)7-5-8-18(19)28-21/h5,7-12H,6,13-14H2,1-4H3/p+1. The molecular weight excluding hydrogens is 374 g/mol. The highest BCUT2D eigenvalue weighted by Gasteiger charge is 2.22. The van der Waals surface area contributed by atoms with Gasteiger partial charge in [0.2, 0.25) is 0 Å². The first-order chi connectivity index (χ1) is 13.5. The number of carbonyl (C=O) groups excluding carboxylic acids is 1. The van der Waals surface area contributed by atoms with Crippen LogP contribution in [-0.4, -0.2) is 52.3 Å². The first-order valence-electron chi connectivity index (χ1n) is 9.22. The average molecular weight is 401 g/mol. The van der Waals surface area contributed by atoms with Crippen LogP contribution < -0.4 is 19.3 Å². The highest BCUT2D eigenvalue weighted by Crippen LogP contribution is 2.34. The highest BCUT2D eigenvalue weighted by molar-refractivity contribution is 7.22. The molecule has 6 nitrogen and oxygen atoms in total. The number of nitrogens with one attached hydrogen (secondary N) is 1. The smallest absolute Gasteiger partial charge is 0.260 e. The summed E-state index contributed by atoms with van der Waals surface area (Å²) in [6.45, 7) is 1.58. The molecule has 28 heavy (non-hydrogen) atoms. The zero-order valence-corrected chi connectivity index (χ0v) is 17.5. The van der Waals surface area contributed by atoms with Crippen LogP contribution in [0.5, 0.6) is 11.5 Å². The summed E-state index contributed by atoms with van der Waals surface area (Å²) in [7, 11) is 7.46. The Balaban J connectivity index is 1.94. The lowest BCUT2D eigenvalue weighted by molar-refractivity contribution is -0.858. The number of rotatable bonds is 8. The fraction of sp³-hybridized carbons (Fsp3) is 0.333. The van der Waals surface area contributed by atoms with Gasteiger partial charge in [-0.15, -0.1) is 0 Å². The average Bonchev–Trinajstić information content (AvgIpc) is 3.14. The predicted octanol–water partition coefficient (Wildman–Crippen LogP) is 2.49. The Morgan fingerprint density at radius 1 is 1.11 bits per heavy atom. The Hall–Kier alpha value is -2.64. The number of carbonyl (C=O) groups is 1. The van der Waals surface area contributed by atoms with Crippen molar-refractivity contribution in [1.82, 2.24) is 4.98 Å². The summed E-state index contributed by atoms with van der Waals surface area (Å²) in [5, 5.41) is 0.689. The monoisotopic (exact) mass is 400 g/mol. The maximum absolute atomic E-state index is 13.3. The van der Waals surface area contributed by atoms with Gasteiger partial charge in [-0.1, -0.05) is 17.4 Å². The maximum Gasteiger partial charge on any atom is 0.260 e.